The van der Waals surface area contributed by atoms with Crippen molar-refractivity contribution >= 4 is 17.0 Å². The molecule has 2 aromatic heterocycles. The number of anilines is 1. The lowest BCUT2D eigenvalue weighted by Crippen LogP contribution is -2.26. The first-order chi connectivity index (χ1) is 8.41. The second kappa shape index (κ2) is 4.57. The predicted molar refractivity (Wildman–Crippen MR) is 73.0 cm³/mol. The number of nitrogens with one attached hydrogen (secondary N) is 1. The standard InChI is InChI=1S/C13H20N4O/c1-13(2,18-5)8-10-14-9-6-7-11(17(3)4)16-12(9)15-10/h6-7H,8H2,1-5H3,(H,14,15,16). The van der Waals surface area contributed by atoms with Crippen molar-refractivity contribution in [2.24, 2.45) is 0 Å². The lowest BCUT2D eigenvalue weighted by molar-refractivity contribution is 0.0218. The van der Waals surface area contributed by atoms with Crippen LogP contribution in [0.15, 0.2) is 12.1 Å². The monoisotopic (exact) mass is 248 g/mol. The van der Waals surface area contributed by atoms with E-state index in [1.54, 1.807) is 7.11 Å². The third-order valence-corrected chi connectivity index (χ3v) is 2.98. The van der Waals surface area contributed by atoms with E-state index < -0.39 is 0 Å². The van der Waals surface area contributed by atoms with Gasteiger partial charge in [-0.25, -0.2) is 9.97 Å². The Bertz CT molecular complexity index is 545. The fraction of sp³-hybridized carbons (Fsp3) is 0.538. The molecule has 2 aromatic rings. The summed E-state index contributed by atoms with van der Waals surface area (Å²) in [6.07, 6.45) is 0.733. The van der Waals surface area contributed by atoms with Crippen LogP contribution in [0.5, 0.6) is 0 Å². The molecule has 2 heterocycles. The molecule has 5 heteroatoms. The Hall–Kier alpha value is -1.62. The number of rotatable bonds is 4. The lowest BCUT2D eigenvalue weighted by Gasteiger charge is -2.20. The van der Waals surface area contributed by atoms with E-state index in [0.29, 0.717) is 0 Å². The molecule has 18 heavy (non-hydrogen) atoms. The van der Waals surface area contributed by atoms with Gasteiger partial charge in [-0.15, -0.1) is 0 Å². The average molecular weight is 248 g/mol. The highest BCUT2D eigenvalue weighted by molar-refractivity contribution is 5.73. The molecule has 2 rings (SSSR count). The van der Waals surface area contributed by atoms with Gasteiger partial charge in [-0.2, -0.15) is 0 Å². The van der Waals surface area contributed by atoms with Crippen LogP contribution in [-0.4, -0.2) is 41.8 Å². The van der Waals surface area contributed by atoms with Crippen molar-refractivity contribution in [1.29, 1.82) is 0 Å². The number of hydrogen-bond acceptors (Lipinski definition) is 4. The molecule has 0 amide bonds. The summed E-state index contributed by atoms with van der Waals surface area (Å²) in [5.74, 6) is 1.81. The maximum absolute atomic E-state index is 5.41. The third-order valence-electron chi connectivity index (χ3n) is 2.98. The number of nitrogens with zero attached hydrogens (tertiary/aromatic N) is 3. The van der Waals surface area contributed by atoms with E-state index in [2.05, 4.69) is 15.0 Å². The number of methoxy groups -OCH3 is 1. The SMILES string of the molecule is COC(C)(C)Cc1nc2nc(N(C)C)ccc2[nH]1. The first-order valence-corrected chi connectivity index (χ1v) is 5.99. The van der Waals surface area contributed by atoms with E-state index in [0.717, 1.165) is 29.2 Å². The number of aromatic amines is 1. The first-order valence-electron chi connectivity index (χ1n) is 5.99. The van der Waals surface area contributed by atoms with Crippen LogP contribution >= 0.6 is 0 Å². The molecule has 0 aliphatic heterocycles. The Morgan fingerprint density at radius 3 is 2.61 bits per heavy atom. The second-order valence-electron chi connectivity index (χ2n) is 5.26. The number of pyridine rings is 1. The van der Waals surface area contributed by atoms with E-state index in [1.165, 1.54) is 0 Å². The molecule has 0 saturated carbocycles. The number of H-pyrrole nitrogens is 1. The Balaban J connectivity index is 2.33. The van der Waals surface area contributed by atoms with Crippen LogP contribution in [0.25, 0.3) is 11.2 Å². The van der Waals surface area contributed by atoms with E-state index in [1.807, 2.05) is 45.0 Å². The smallest absolute Gasteiger partial charge is 0.179 e. The van der Waals surface area contributed by atoms with E-state index in [4.69, 9.17) is 4.74 Å². The molecular formula is C13H20N4O. The molecule has 5 nitrogen and oxygen atoms in total. The van der Waals surface area contributed by atoms with Gasteiger partial charge in [-0.05, 0) is 26.0 Å². The lowest BCUT2D eigenvalue weighted by atomic mass is 10.1. The van der Waals surface area contributed by atoms with Crippen molar-refractivity contribution in [2.45, 2.75) is 25.9 Å². The van der Waals surface area contributed by atoms with Crippen molar-refractivity contribution < 1.29 is 4.74 Å². The van der Waals surface area contributed by atoms with Gasteiger partial charge in [0.05, 0.1) is 11.1 Å². The van der Waals surface area contributed by atoms with Crippen LogP contribution in [0, 0.1) is 0 Å². The largest absolute Gasteiger partial charge is 0.378 e. The van der Waals surface area contributed by atoms with E-state index in [9.17, 15) is 0 Å². The highest BCUT2D eigenvalue weighted by Crippen LogP contribution is 2.18. The van der Waals surface area contributed by atoms with Gasteiger partial charge in [0.1, 0.15) is 11.6 Å². The zero-order valence-electron chi connectivity index (χ0n) is 11.6. The molecular weight excluding hydrogens is 228 g/mol. The van der Waals surface area contributed by atoms with Gasteiger partial charge >= 0.3 is 0 Å². The molecule has 0 radical (unpaired) electrons. The minimum Gasteiger partial charge on any atom is -0.378 e. The summed E-state index contributed by atoms with van der Waals surface area (Å²) >= 11 is 0. The highest BCUT2D eigenvalue weighted by atomic mass is 16.5. The van der Waals surface area contributed by atoms with Crippen LogP contribution in [0.3, 0.4) is 0 Å². The number of imidazole rings is 1. The molecule has 0 unspecified atom stereocenters. The first kappa shape index (κ1) is 12.8. The van der Waals surface area contributed by atoms with Crippen LogP contribution in [0.2, 0.25) is 0 Å². The normalized spacial score (nSPS) is 12.1. The maximum Gasteiger partial charge on any atom is 0.179 e. The number of ether oxygens (including phenoxy) is 1. The summed E-state index contributed by atoms with van der Waals surface area (Å²) in [6.45, 7) is 4.08. The molecule has 0 saturated heterocycles. The quantitative estimate of drug-likeness (QED) is 0.899. The molecule has 0 aliphatic carbocycles. The molecule has 98 valence electrons. The summed E-state index contributed by atoms with van der Waals surface area (Å²) in [5.41, 5.74) is 1.49. The van der Waals surface area contributed by atoms with Crippen LogP contribution in [-0.2, 0) is 11.2 Å². The molecule has 0 aliphatic rings. The number of hydrogen-bond donors (Lipinski definition) is 1. The molecule has 1 N–H and O–H groups in total. The van der Waals surface area contributed by atoms with Crippen molar-refractivity contribution in [3.05, 3.63) is 18.0 Å². The number of fused-ring (bicyclic) bond motifs is 1. The fourth-order valence-electron chi connectivity index (χ4n) is 1.74. The highest BCUT2D eigenvalue weighted by Gasteiger charge is 2.19. The van der Waals surface area contributed by atoms with Crippen LogP contribution in [0.4, 0.5) is 5.82 Å². The summed E-state index contributed by atoms with van der Waals surface area (Å²) in [6, 6.07) is 3.99. The summed E-state index contributed by atoms with van der Waals surface area (Å²) in [4.78, 5) is 14.3. The zero-order chi connectivity index (χ0) is 13.3. The van der Waals surface area contributed by atoms with Crippen LogP contribution in [0.1, 0.15) is 19.7 Å². The van der Waals surface area contributed by atoms with Gasteiger partial charge in [-0.3, -0.25) is 0 Å². The molecule has 0 aromatic carbocycles. The third kappa shape index (κ3) is 2.61. The van der Waals surface area contributed by atoms with Crippen molar-refractivity contribution in [3.63, 3.8) is 0 Å². The number of aromatic nitrogens is 3. The van der Waals surface area contributed by atoms with Crippen molar-refractivity contribution in [2.75, 3.05) is 26.1 Å². The zero-order valence-corrected chi connectivity index (χ0v) is 11.6. The topological polar surface area (TPSA) is 54.0 Å². The van der Waals surface area contributed by atoms with Crippen molar-refractivity contribution in [1.82, 2.24) is 15.0 Å². The minimum absolute atomic E-state index is 0.224. The Labute approximate surface area is 107 Å². The Kier molecular flexibility index (Phi) is 3.26. The molecule has 0 fully saturated rings. The average Bonchev–Trinajstić information content (AvgIpc) is 2.68. The van der Waals surface area contributed by atoms with Gasteiger partial charge in [0.2, 0.25) is 0 Å². The van der Waals surface area contributed by atoms with Crippen LogP contribution < -0.4 is 4.90 Å². The molecule has 0 atom stereocenters. The van der Waals surface area contributed by atoms with Crippen molar-refractivity contribution in [3.8, 4) is 0 Å². The van der Waals surface area contributed by atoms with Gasteiger partial charge in [0, 0.05) is 27.6 Å². The van der Waals surface area contributed by atoms with E-state index >= 15 is 0 Å². The minimum atomic E-state index is -0.224. The van der Waals surface area contributed by atoms with Gasteiger partial charge < -0.3 is 14.6 Å². The van der Waals surface area contributed by atoms with E-state index in [-0.39, 0.29) is 5.60 Å². The summed E-state index contributed by atoms with van der Waals surface area (Å²) in [7, 11) is 5.65. The predicted octanol–water partition coefficient (Wildman–Crippen LogP) is 1.99. The fourth-order valence-corrected chi connectivity index (χ4v) is 1.74. The summed E-state index contributed by atoms with van der Waals surface area (Å²) < 4.78 is 5.41. The Morgan fingerprint density at radius 1 is 1.28 bits per heavy atom. The Morgan fingerprint density at radius 2 is 2.00 bits per heavy atom. The van der Waals surface area contributed by atoms with Gasteiger partial charge in [-0.1, -0.05) is 0 Å². The van der Waals surface area contributed by atoms with Gasteiger partial charge in [0.15, 0.2) is 5.65 Å². The summed E-state index contributed by atoms with van der Waals surface area (Å²) in [5, 5.41) is 0. The maximum atomic E-state index is 5.41. The second-order valence-corrected chi connectivity index (χ2v) is 5.26. The molecule has 0 spiro atoms. The van der Waals surface area contributed by atoms with Gasteiger partial charge in [0.25, 0.3) is 0 Å². The molecule has 0 bridgehead atoms.